The number of nitrogens with zero attached hydrogens (tertiary/aromatic N) is 5. The van der Waals surface area contributed by atoms with Crippen molar-refractivity contribution in [3.8, 4) is 0 Å². The zero-order valence-electron chi connectivity index (χ0n) is 35.6. The van der Waals surface area contributed by atoms with Crippen molar-refractivity contribution in [2.75, 3.05) is 0 Å². The normalized spacial score (nSPS) is 16.9. The molecule has 0 bridgehead atoms. The average molecular weight is 833 g/mol. The van der Waals surface area contributed by atoms with E-state index in [9.17, 15) is 18.0 Å². The van der Waals surface area contributed by atoms with E-state index in [1.807, 2.05) is 41.5 Å². The number of hydrogen-bond donors (Lipinski definition) is 3. The first-order chi connectivity index (χ1) is 27.5. The molecule has 2 fully saturated rings. The molecule has 2 aliphatic rings. The Morgan fingerprint density at radius 3 is 1.67 bits per heavy atom. The largest absolute Gasteiger partial charge is 0.460 e. The van der Waals surface area contributed by atoms with Crippen LogP contribution in [0.1, 0.15) is 192 Å². The molecule has 5 rings (SSSR count). The molecule has 0 spiro atoms. The Kier molecular flexibility index (Phi) is 18.3. The van der Waals surface area contributed by atoms with E-state index in [0.717, 1.165) is 43.9 Å². The van der Waals surface area contributed by atoms with Crippen molar-refractivity contribution in [3.63, 3.8) is 0 Å². The van der Waals surface area contributed by atoms with E-state index < -0.39 is 21.2 Å². The summed E-state index contributed by atoms with van der Waals surface area (Å²) in [5.41, 5.74) is 4.51. The minimum absolute atomic E-state index is 0.0248. The van der Waals surface area contributed by atoms with Crippen LogP contribution in [0, 0.1) is 11.8 Å². The van der Waals surface area contributed by atoms with E-state index in [4.69, 9.17) is 24.3 Å². The van der Waals surface area contributed by atoms with E-state index in [0.29, 0.717) is 17.6 Å². The number of carbonyl (C=O) groups is 2. The molecule has 2 atom stereocenters. The molecule has 0 aromatic carbocycles. The number of sulfonamides is 1. The number of nitrogens with two attached hydrogens (primary N) is 1. The molecular weight excluding hydrogens is 765 g/mol. The Balaban J connectivity index is 0.000000267. The molecule has 2 aliphatic carbocycles. The van der Waals surface area contributed by atoms with Crippen LogP contribution in [0.5, 0.6) is 0 Å². The van der Waals surface area contributed by atoms with E-state index in [-0.39, 0.29) is 60.4 Å². The predicted octanol–water partition coefficient (Wildman–Crippen LogP) is 7.93. The van der Waals surface area contributed by atoms with Gasteiger partial charge in [0, 0.05) is 18.0 Å². The van der Waals surface area contributed by atoms with Crippen molar-refractivity contribution in [1.29, 1.82) is 0 Å². The number of aromatic amines is 1. The van der Waals surface area contributed by atoms with Crippen LogP contribution in [-0.4, -0.2) is 62.0 Å². The average Bonchev–Trinajstić information content (AvgIpc) is 3.96. The molecule has 0 unspecified atom stereocenters. The van der Waals surface area contributed by atoms with Crippen LogP contribution in [0.2, 0.25) is 0 Å². The lowest BCUT2D eigenvalue weighted by Crippen LogP contribution is -2.25. The molecule has 2 saturated carbocycles. The number of rotatable bonds is 19. The van der Waals surface area contributed by atoms with E-state index in [1.165, 1.54) is 83.0 Å². The molecule has 0 radical (unpaired) electrons. The lowest BCUT2D eigenvalue weighted by Gasteiger charge is -2.23. The van der Waals surface area contributed by atoms with Gasteiger partial charge in [-0.3, -0.25) is 14.7 Å². The maximum absolute atomic E-state index is 12.5. The lowest BCUT2D eigenvalue weighted by molar-refractivity contribution is -0.156. The molecule has 326 valence electrons. The molecule has 17 heteroatoms. The predicted molar refractivity (Wildman–Crippen MR) is 216 cm³/mol. The van der Waals surface area contributed by atoms with Gasteiger partial charge in [0.15, 0.2) is 11.6 Å². The van der Waals surface area contributed by atoms with Gasteiger partial charge in [-0.25, -0.2) is 13.1 Å². The second-order valence-electron chi connectivity index (χ2n) is 17.9. The topological polar surface area (TPSA) is 231 Å². The molecule has 0 amide bonds. The zero-order chi connectivity index (χ0) is 42.2. The van der Waals surface area contributed by atoms with Gasteiger partial charge in [0.25, 0.3) is 0 Å². The Labute approximate surface area is 344 Å². The first-order valence-corrected chi connectivity index (χ1v) is 22.7. The SMILES string of the molecule is CC(C)(C)OC(=O)C[C@@H](CCCC1CCCCC1)c1nc(CN)no1.CC(C)(C)OC(=O)C[C@@H](CCCC1CCCCC1)c1nc(CNS(=O)(=O)c2cn[nH]c2)no1. The molecule has 58 heavy (non-hydrogen) atoms. The summed E-state index contributed by atoms with van der Waals surface area (Å²) in [7, 11) is -3.73. The van der Waals surface area contributed by atoms with Crippen molar-refractivity contribution < 1.29 is 36.5 Å². The highest BCUT2D eigenvalue weighted by Crippen LogP contribution is 2.33. The fraction of sp³-hybridized carbons (Fsp3) is 0.780. The van der Waals surface area contributed by atoms with Crippen LogP contribution >= 0.6 is 0 Å². The van der Waals surface area contributed by atoms with E-state index >= 15 is 0 Å². The summed E-state index contributed by atoms with van der Waals surface area (Å²) in [5, 5.41) is 13.9. The van der Waals surface area contributed by atoms with Gasteiger partial charge in [-0.2, -0.15) is 15.1 Å². The van der Waals surface area contributed by atoms with Crippen LogP contribution in [0.3, 0.4) is 0 Å². The summed E-state index contributed by atoms with van der Waals surface area (Å²) in [6.07, 6.45) is 22.1. The third kappa shape index (κ3) is 17.3. The first-order valence-electron chi connectivity index (χ1n) is 21.3. The highest BCUT2D eigenvalue weighted by molar-refractivity contribution is 7.89. The third-order valence-corrected chi connectivity index (χ3v) is 11.9. The van der Waals surface area contributed by atoms with Crippen LogP contribution in [0.4, 0.5) is 0 Å². The first kappa shape index (κ1) is 47.0. The molecule has 0 saturated heterocycles. The smallest absolute Gasteiger partial charge is 0.307 e. The lowest BCUT2D eigenvalue weighted by atomic mass is 9.84. The van der Waals surface area contributed by atoms with E-state index in [2.05, 4.69) is 35.2 Å². The van der Waals surface area contributed by atoms with Gasteiger partial charge >= 0.3 is 11.9 Å². The number of carbonyl (C=O) groups excluding carboxylic acids is 2. The Hall–Kier alpha value is -3.70. The zero-order valence-corrected chi connectivity index (χ0v) is 36.4. The van der Waals surface area contributed by atoms with Gasteiger partial charge in [-0.15, -0.1) is 0 Å². The van der Waals surface area contributed by atoms with Gasteiger partial charge in [0.2, 0.25) is 21.8 Å². The quantitative estimate of drug-likeness (QED) is 0.0974. The van der Waals surface area contributed by atoms with Crippen molar-refractivity contribution >= 4 is 22.0 Å². The Morgan fingerprint density at radius 1 is 0.793 bits per heavy atom. The Morgan fingerprint density at radius 2 is 1.26 bits per heavy atom. The maximum Gasteiger partial charge on any atom is 0.307 e. The van der Waals surface area contributed by atoms with Gasteiger partial charge in [-0.05, 0) is 66.2 Å². The van der Waals surface area contributed by atoms with Crippen LogP contribution in [0.15, 0.2) is 26.3 Å². The van der Waals surface area contributed by atoms with Crippen molar-refractivity contribution in [3.05, 3.63) is 35.8 Å². The number of nitrogens with one attached hydrogen (secondary N) is 2. The summed E-state index contributed by atoms with van der Waals surface area (Å²) in [4.78, 5) is 33.5. The van der Waals surface area contributed by atoms with Gasteiger partial charge in [-0.1, -0.05) is 100 Å². The molecular formula is C41H68N8O8S. The molecule has 3 aromatic heterocycles. The van der Waals surface area contributed by atoms with Crippen LogP contribution < -0.4 is 10.5 Å². The highest BCUT2D eigenvalue weighted by atomic mass is 32.2. The second-order valence-corrected chi connectivity index (χ2v) is 19.7. The molecule has 16 nitrogen and oxygen atoms in total. The third-order valence-electron chi connectivity index (χ3n) is 10.5. The highest BCUT2D eigenvalue weighted by Gasteiger charge is 2.28. The summed E-state index contributed by atoms with van der Waals surface area (Å²) < 4.78 is 48.7. The van der Waals surface area contributed by atoms with Gasteiger partial charge in [0.05, 0.1) is 32.1 Å². The minimum atomic E-state index is -3.73. The maximum atomic E-state index is 12.5. The molecule has 3 heterocycles. The molecule has 3 aromatic rings. The Bertz CT molecular complexity index is 1750. The van der Waals surface area contributed by atoms with Gasteiger partial charge in [0.1, 0.15) is 16.1 Å². The number of ether oxygens (including phenoxy) is 2. The van der Waals surface area contributed by atoms with Crippen LogP contribution in [0.25, 0.3) is 0 Å². The summed E-state index contributed by atoms with van der Waals surface area (Å²) >= 11 is 0. The van der Waals surface area contributed by atoms with Crippen molar-refractivity contribution in [2.45, 2.75) is 198 Å². The number of esters is 2. The number of hydrogen-bond acceptors (Lipinski definition) is 14. The minimum Gasteiger partial charge on any atom is -0.460 e. The fourth-order valence-corrected chi connectivity index (χ4v) is 8.59. The van der Waals surface area contributed by atoms with E-state index in [1.54, 1.807) is 0 Å². The number of aromatic nitrogens is 6. The van der Waals surface area contributed by atoms with Crippen molar-refractivity contribution in [1.82, 2.24) is 35.2 Å². The van der Waals surface area contributed by atoms with Crippen LogP contribution in [-0.2, 0) is 42.2 Å². The van der Waals surface area contributed by atoms with Gasteiger partial charge < -0.3 is 24.3 Å². The number of H-pyrrole nitrogens is 1. The summed E-state index contributed by atoms with van der Waals surface area (Å²) in [6.45, 7) is 11.2. The summed E-state index contributed by atoms with van der Waals surface area (Å²) in [6, 6.07) is 0. The van der Waals surface area contributed by atoms with Crippen molar-refractivity contribution in [2.24, 2.45) is 17.6 Å². The second kappa shape index (κ2) is 22.6. The monoisotopic (exact) mass is 832 g/mol. The molecule has 0 aliphatic heterocycles. The fourth-order valence-electron chi connectivity index (χ4n) is 7.70. The standard InChI is InChI=1S/C22H35N5O5S.C19H33N3O3/c1-22(2,3)31-20(28)12-17(11-7-10-16-8-5-4-6-9-16)21-26-19(27-32-21)15-25-33(29,30)18-13-23-24-14-18;1-19(2,3)24-17(23)12-15(18-21-16(13-20)22-25-18)11-7-10-14-8-5-4-6-9-14/h13-14,16-17,25H,4-12,15H2,1-3H3,(H,23,24);14-15H,4-13,20H2,1-3H3/t17-;15-/m11/s1. The summed E-state index contributed by atoms with van der Waals surface area (Å²) in [5.74, 6) is 2.22. The molecule has 4 N–H and O–H groups in total.